The zero-order valence-corrected chi connectivity index (χ0v) is 9.59. The molecule has 1 aromatic rings. The van der Waals surface area contributed by atoms with Crippen molar-refractivity contribution in [3.8, 4) is 0 Å². The third kappa shape index (κ3) is 2.25. The first-order valence-corrected chi connectivity index (χ1v) is 4.99. The summed E-state index contributed by atoms with van der Waals surface area (Å²) in [4.78, 5) is 11.5. The third-order valence-corrected chi connectivity index (χ3v) is 2.00. The first-order valence-electron chi connectivity index (χ1n) is 4.99. The van der Waals surface area contributed by atoms with E-state index in [0.29, 0.717) is 5.92 Å². The number of aromatic nitrogens is 3. The van der Waals surface area contributed by atoms with Gasteiger partial charge in [-0.2, -0.15) is 5.10 Å². The van der Waals surface area contributed by atoms with Crippen molar-refractivity contribution in [1.82, 2.24) is 14.8 Å². The van der Waals surface area contributed by atoms with Crippen molar-refractivity contribution in [2.75, 3.05) is 0 Å². The number of nitrogens with zero attached hydrogens (tertiary/aromatic N) is 2. The number of hydrogen-bond donors (Lipinski definition) is 1. The van der Waals surface area contributed by atoms with Crippen LogP contribution in [-0.4, -0.2) is 14.8 Å². The molecule has 0 amide bonds. The molecule has 0 spiro atoms. The van der Waals surface area contributed by atoms with E-state index < -0.39 is 0 Å². The Morgan fingerprint density at radius 1 is 1.43 bits per heavy atom. The van der Waals surface area contributed by atoms with Crippen molar-refractivity contribution in [1.29, 1.82) is 0 Å². The molecule has 4 nitrogen and oxygen atoms in total. The second-order valence-corrected chi connectivity index (χ2v) is 5.05. The second-order valence-electron chi connectivity index (χ2n) is 5.05. The van der Waals surface area contributed by atoms with Crippen molar-refractivity contribution in [3.05, 3.63) is 16.3 Å². The number of rotatable bonds is 2. The molecule has 1 aromatic heterocycles. The van der Waals surface area contributed by atoms with Crippen LogP contribution in [0.25, 0.3) is 0 Å². The van der Waals surface area contributed by atoms with E-state index in [1.807, 2.05) is 20.8 Å². The predicted octanol–water partition coefficient (Wildman–Crippen LogP) is 1.52. The first-order chi connectivity index (χ1) is 6.32. The van der Waals surface area contributed by atoms with Crippen LogP contribution >= 0.6 is 0 Å². The molecule has 4 heteroatoms. The highest BCUT2D eigenvalue weighted by molar-refractivity contribution is 4.93. The number of nitrogens with one attached hydrogen (secondary N) is 1. The summed E-state index contributed by atoms with van der Waals surface area (Å²) in [6.45, 7) is 10.3. The Hall–Kier alpha value is -1.06. The van der Waals surface area contributed by atoms with Gasteiger partial charge in [0.25, 0.3) is 0 Å². The molecule has 0 bridgehead atoms. The van der Waals surface area contributed by atoms with Gasteiger partial charge in [-0.1, -0.05) is 13.8 Å². The van der Waals surface area contributed by atoms with Gasteiger partial charge in [0.05, 0.1) is 0 Å². The topological polar surface area (TPSA) is 50.7 Å². The Morgan fingerprint density at radius 2 is 2.00 bits per heavy atom. The Bertz CT molecular complexity index is 354. The standard InChI is InChI=1S/C10H19N3O/c1-7(2)6-8-11-12-9(14)13(8)10(3,4)5/h7H,6H2,1-5H3,(H,12,14). The van der Waals surface area contributed by atoms with Gasteiger partial charge < -0.3 is 0 Å². The summed E-state index contributed by atoms with van der Waals surface area (Å²) in [6, 6.07) is 0. The van der Waals surface area contributed by atoms with Crippen LogP contribution in [0, 0.1) is 5.92 Å². The largest absolute Gasteiger partial charge is 0.343 e. The fraction of sp³-hybridized carbons (Fsp3) is 0.800. The summed E-state index contributed by atoms with van der Waals surface area (Å²) in [7, 11) is 0. The van der Waals surface area contributed by atoms with Gasteiger partial charge in [-0.3, -0.25) is 4.57 Å². The minimum atomic E-state index is -0.200. The monoisotopic (exact) mass is 197 g/mol. The second kappa shape index (κ2) is 3.59. The predicted molar refractivity (Wildman–Crippen MR) is 56.4 cm³/mol. The number of H-pyrrole nitrogens is 1. The van der Waals surface area contributed by atoms with E-state index in [2.05, 4.69) is 24.0 Å². The molecule has 1 N–H and O–H groups in total. The SMILES string of the molecule is CC(C)Cc1n[nH]c(=O)n1C(C)(C)C. The first kappa shape index (κ1) is 11.0. The summed E-state index contributed by atoms with van der Waals surface area (Å²) in [5, 5.41) is 6.55. The maximum atomic E-state index is 11.5. The summed E-state index contributed by atoms with van der Waals surface area (Å²) in [6.07, 6.45) is 0.829. The highest BCUT2D eigenvalue weighted by Gasteiger charge is 2.20. The number of hydrogen-bond acceptors (Lipinski definition) is 2. The molecular formula is C10H19N3O. The molecule has 0 aliphatic carbocycles. The van der Waals surface area contributed by atoms with Crippen LogP contribution in [0.1, 0.15) is 40.4 Å². The van der Waals surface area contributed by atoms with Crippen molar-refractivity contribution in [3.63, 3.8) is 0 Å². The van der Waals surface area contributed by atoms with Crippen LogP contribution in [0.3, 0.4) is 0 Å². The van der Waals surface area contributed by atoms with Gasteiger partial charge in [-0.25, -0.2) is 9.89 Å². The minimum Gasteiger partial charge on any atom is -0.274 e. The van der Waals surface area contributed by atoms with Gasteiger partial charge in [-0.05, 0) is 26.7 Å². The number of aromatic amines is 1. The van der Waals surface area contributed by atoms with E-state index in [9.17, 15) is 4.79 Å². The molecular weight excluding hydrogens is 178 g/mol. The molecule has 80 valence electrons. The normalized spacial score (nSPS) is 12.4. The Kier molecular flexibility index (Phi) is 2.83. The Morgan fingerprint density at radius 3 is 2.43 bits per heavy atom. The highest BCUT2D eigenvalue weighted by Crippen LogP contribution is 2.14. The van der Waals surface area contributed by atoms with Crippen LogP contribution in [0.5, 0.6) is 0 Å². The van der Waals surface area contributed by atoms with E-state index in [1.165, 1.54) is 0 Å². The Balaban J connectivity index is 3.13. The fourth-order valence-electron chi connectivity index (χ4n) is 1.52. The summed E-state index contributed by atoms with van der Waals surface area (Å²) in [5.74, 6) is 1.35. The summed E-state index contributed by atoms with van der Waals surface area (Å²) >= 11 is 0. The quantitative estimate of drug-likeness (QED) is 0.781. The van der Waals surface area contributed by atoms with E-state index in [-0.39, 0.29) is 11.2 Å². The van der Waals surface area contributed by atoms with Gasteiger partial charge >= 0.3 is 5.69 Å². The van der Waals surface area contributed by atoms with E-state index in [0.717, 1.165) is 12.2 Å². The maximum absolute atomic E-state index is 11.5. The van der Waals surface area contributed by atoms with Crippen LogP contribution in [-0.2, 0) is 12.0 Å². The Labute approximate surface area is 84.3 Å². The lowest BCUT2D eigenvalue weighted by molar-refractivity contribution is 0.365. The molecule has 0 radical (unpaired) electrons. The molecule has 0 aliphatic rings. The van der Waals surface area contributed by atoms with Crippen molar-refractivity contribution >= 4 is 0 Å². The fourth-order valence-corrected chi connectivity index (χ4v) is 1.52. The molecule has 0 saturated carbocycles. The highest BCUT2D eigenvalue weighted by atomic mass is 16.1. The molecule has 0 unspecified atom stereocenters. The maximum Gasteiger partial charge on any atom is 0.343 e. The van der Waals surface area contributed by atoms with Gasteiger partial charge in [0.1, 0.15) is 5.82 Å². The van der Waals surface area contributed by atoms with Crippen LogP contribution in [0.4, 0.5) is 0 Å². The van der Waals surface area contributed by atoms with Gasteiger partial charge in [-0.15, -0.1) is 0 Å². The van der Waals surface area contributed by atoms with Crippen molar-refractivity contribution in [2.45, 2.75) is 46.6 Å². The van der Waals surface area contributed by atoms with Crippen molar-refractivity contribution in [2.24, 2.45) is 5.92 Å². The van der Waals surface area contributed by atoms with Gasteiger partial charge in [0.15, 0.2) is 0 Å². The van der Waals surface area contributed by atoms with E-state index in [4.69, 9.17) is 0 Å². The lowest BCUT2D eigenvalue weighted by Crippen LogP contribution is -2.33. The molecule has 0 aliphatic heterocycles. The zero-order valence-electron chi connectivity index (χ0n) is 9.59. The van der Waals surface area contributed by atoms with E-state index in [1.54, 1.807) is 4.57 Å². The molecule has 0 fully saturated rings. The summed E-state index contributed by atoms with van der Waals surface area (Å²) in [5.41, 5.74) is -0.318. The zero-order chi connectivity index (χ0) is 10.9. The summed E-state index contributed by atoms with van der Waals surface area (Å²) < 4.78 is 1.73. The smallest absolute Gasteiger partial charge is 0.274 e. The molecule has 1 heterocycles. The molecule has 0 atom stereocenters. The third-order valence-electron chi connectivity index (χ3n) is 2.00. The minimum absolute atomic E-state index is 0.117. The van der Waals surface area contributed by atoms with E-state index >= 15 is 0 Å². The molecule has 0 aromatic carbocycles. The molecule has 1 rings (SSSR count). The van der Waals surface area contributed by atoms with Gasteiger partial charge in [0, 0.05) is 12.0 Å². The van der Waals surface area contributed by atoms with Crippen LogP contribution < -0.4 is 5.69 Å². The van der Waals surface area contributed by atoms with Crippen molar-refractivity contribution < 1.29 is 0 Å². The molecule has 14 heavy (non-hydrogen) atoms. The van der Waals surface area contributed by atoms with Gasteiger partial charge in [0.2, 0.25) is 0 Å². The average molecular weight is 197 g/mol. The lowest BCUT2D eigenvalue weighted by atomic mass is 10.1. The van der Waals surface area contributed by atoms with Crippen LogP contribution in [0.2, 0.25) is 0 Å². The lowest BCUT2D eigenvalue weighted by Gasteiger charge is -2.21. The molecule has 0 saturated heterocycles. The average Bonchev–Trinajstić information content (AvgIpc) is 2.28. The van der Waals surface area contributed by atoms with Crippen LogP contribution in [0.15, 0.2) is 4.79 Å².